The number of aryl methyl sites for hydroxylation is 1. The minimum absolute atomic E-state index is 0.0409. The Labute approximate surface area is 186 Å². The second-order valence-corrected chi connectivity index (χ2v) is 10.6. The fourth-order valence-electron chi connectivity index (χ4n) is 5.07. The number of aliphatic hydroxyl groups is 1. The molecule has 166 valence electrons. The van der Waals surface area contributed by atoms with Crippen molar-refractivity contribution in [1.29, 1.82) is 0 Å². The van der Waals surface area contributed by atoms with E-state index in [0.29, 0.717) is 18.0 Å². The van der Waals surface area contributed by atoms with E-state index in [1.807, 2.05) is 26.0 Å². The molecule has 0 aromatic heterocycles. The number of hydrogen-bond acceptors (Lipinski definition) is 4. The quantitative estimate of drug-likeness (QED) is 0.771. The third-order valence-corrected chi connectivity index (χ3v) is 8.50. The zero-order chi connectivity index (χ0) is 22.0. The molecule has 0 spiro atoms. The van der Waals surface area contributed by atoms with Crippen molar-refractivity contribution < 1.29 is 13.5 Å². The number of allylic oxidation sites excluding steroid dienone is 1. The van der Waals surface area contributed by atoms with Gasteiger partial charge < -0.3 is 5.11 Å². The molecule has 0 saturated carbocycles. The van der Waals surface area contributed by atoms with Gasteiger partial charge in [-0.2, -0.15) is 4.31 Å². The lowest BCUT2D eigenvalue weighted by Gasteiger charge is -2.57. The molecule has 2 aromatic carbocycles. The van der Waals surface area contributed by atoms with Gasteiger partial charge in [-0.3, -0.25) is 4.90 Å². The van der Waals surface area contributed by atoms with Crippen LogP contribution in [0.5, 0.6) is 0 Å². The second-order valence-electron chi connectivity index (χ2n) is 8.63. The summed E-state index contributed by atoms with van der Waals surface area (Å²) in [5, 5.41) is 10.1. The number of benzene rings is 2. The summed E-state index contributed by atoms with van der Waals surface area (Å²) in [4.78, 5) is 2.67. The largest absolute Gasteiger partial charge is 0.395 e. The van der Waals surface area contributed by atoms with Gasteiger partial charge in [-0.25, -0.2) is 8.42 Å². The summed E-state index contributed by atoms with van der Waals surface area (Å²) in [6.45, 7) is 5.89. The molecule has 4 rings (SSSR count). The first kappa shape index (κ1) is 22.2. The van der Waals surface area contributed by atoms with Crippen molar-refractivity contribution in [3.8, 4) is 0 Å². The van der Waals surface area contributed by atoms with Gasteiger partial charge >= 0.3 is 0 Å². The van der Waals surface area contributed by atoms with Gasteiger partial charge in [0, 0.05) is 31.1 Å². The van der Waals surface area contributed by atoms with Crippen LogP contribution in [0, 0.1) is 6.92 Å². The maximum absolute atomic E-state index is 13.4. The molecule has 2 saturated heterocycles. The highest BCUT2D eigenvalue weighted by Gasteiger charge is 2.50. The Morgan fingerprint density at radius 2 is 1.84 bits per heavy atom. The average Bonchev–Trinajstić information content (AvgIpc) is 2.74. The lowest BCUT2D eigenvalue weighted by Crippen LogP contribution is -2.67. The van der Waals surface area contributed by atoms with Gasteiger partial charge in [0.2, 0.25) is 10.0 Å². The molecule has 2 aliphatic heterocycles. The standard InChI is InChI=1S/C25H32N2O3S/c1-3-7-20-10-12-21(13-11-20)25-23-17-26(14-4-5-15-27(23)24(25)18-28)31(29,30)22-9-6-8-19(2)16-22/h3,6-13,16,23-25,28H,4-5,14-15,17-18H2,1-2H3/b7-3+/t23-,24-,25+/m1/s1. The number of hydrogen-bond donors (Lipinski definition) is 1. The molecule has 31 heavy (non-hydrogen) atoms. The first-order valence-electron chi connectivity index (χ1n) is 11.1. The van der Waals surface area contributed by atoms with E-state index in [9.17, 15) is 13.5 Å². The fraction of sp³-hybridized carbons (Fsp3) is 0.440. The molecule has 0 radical (unpaired) electrons. The van der Waals surface area contributed by atoms with Gasteiger partial charge in [0.25, 0.3) is 0 Å². The predicted octanol–water partition coefficient (Wildman–Crippen LogP) is 3.64. The lowest BCUT2D eigenvalue weighted by molar-refractivity contribution is -0.0553. The number of nitrogens with zero attached hydrogens (tertiary/aromatic N) is 2. The van der Waals surface area contributed by atoms with E-state index >= 15 is 0 Å². The molecule has 0 aliphatic carbocycles. The highest BCUT2D eigenvalue weighted by molar-refractivity contribution is 7.89. The monoisotopic (exact) mass is 440 g/mol. The van der Waals surface area contributed by atoms with E-state index in [1.54, 1.807) is 22.5 Å². The summed E-state index contributed by atoms with van der Waals surface area (Å²) in [5.41, 5.74) is 3.25. The minimum atomic E-state index is -3.56. The Bertz CT molecular complexity index is 1030. The molecule has 2 heterocycles. The van der Waals surface area contributed by atoms with Crippen LogP contribution in [0.4, 0.5) is 0 Å². The SMILES string of the molecule is C/C=C/c1ccc([C@@H]2[C@@H](CO)N3CCCCN(S(=O)(=O)c4cccc(C)c4)C[C@H]23)cc1. The molecule has 6 heteroatoms. The molecular weight excluding hydrogens is 408 g/mol. The van der Waals surface area contributed by atoms with Gasteiger partial charge in [-0.05, 0) is 62.1 Å². The normalized spacial score (nSPS) is 25.6. The molecule has 0 bridgehead atoms. The summed E-state index contributed by atoms with van der Waals surface area (Å²) in [7, 11) is -3.56. The molecule has 3 atom stereocenters. The summed E-state index contributed by atoms with van der Waals surface area (Å²) < 4.78 is 28.5. The molecule has 2 aromatic rings. The number of rotatable bonds is 5. The summed E-state index contributed by atoms with van der Waals surface area (Å²) in [6.07, 6.45) is 5.83. The molecular formula is C25H32N2O3S. The third kappa shape index (κ3) is 4.35. The maximum atomic E-state index is 13.4. The predicted molar refractivity (Wildman–Crippen MR) is 124 cm³/mol. The third-order valence-electron chi connectivity index (χ3n) is 6.64. The molecule has 2 fully saturated rings. The van der Waals surface area contributed by atoms with E-state index in [4.69, 9.17) is 0 Å². The van der Waals surface area contributed by atoms with Crippen molar-refractivity contribution in [3.05, 3.63) is 71.3 Å². The van der Waals surface area contributed by atoms with E-state index in [0.717, 1.165) is 30.5 Å². The highest BCUT2D eigenvalue weighted by Crippen LogP contribution is 2.42. The molecule has 0 unspecified atom stereocenters. The van der Waals surface area contributed by atoms with E-state index in [2.05, 4.69) is 35.2 Å². The number of sulfonamides is 1. The van der Waals surface area contributed by atoms with Gasteiger partial charge in [0.1, 0.15) is 0 Å². The summed E-state index contributed by atoms with van der Waals surface area (Å²) in [6, 6.07) is 15.7. The van der Waals surface area contributed by atoms with Crippen LogP contribution < -0.4 is 0 Å². The Kier molecular flexibility index (Phi) is 6.63. The Balaban J connectivity index is 1.63. The van der Waals surface area contributed by atoms with Crippen molar-refractivity contribution in [3.63, 3.8) is 0 Å². The van der Waals surface area contributed by atoms with E-state index in [1.165, 1.54) is 5.56 Å². The van der Waals surface area contributed by atoms with Gasteiger partial charge in [0.15, 0.2) is 0 Å². The van der Waals surface area contributed by atoms with E-state index in [-0.39, 0.29) is 24.6 Å². The summed E-state index contributed by atoms with van der Waals surface area (Å²) in [5.74, 6) is 0.123. The zero-order valence-electron chi connectivity index (χ0n) is 18.3. The number of aliphatic hydroxyl groups excluding tert-OH is 1. The van der Waals surface area contributed by atoms with Crippen LogP contribution in [0.1, 0.15) is 42.4 Å². The van der Waals surface area contributed by atoms with Crippen molar-refractivity contribution in [2.45, 2.75) is 49.6 Å². The van der Waals surface area contributed by atoms with Crippen LogP contribution >= 0.6 is 0 Å². The average molecular weight is 441 g/mol. The van der Waals surface area contributed by atoms with Crippen molar-refractivity contribution in [2.24, 2.45) is 0 Å². The molecule has 2 aliphatic rings. The van der Waals surface area contributed by atoms with Crippen LogP contribution in [-0.2, 0) is 10.0 Å². The summed E-state index contributed by atoms with van der Waals surface area (Å²) >= 11 is 0. The lowest BCUT2D eigenvalue weighted by atomic mass is 9.74. The maximum Gasteiger partial charge on any atom is 0.243 e. The minimum Gasteiger partial charge on any atom is -0.395 e. The highest BCUT2D eigenvalue weighted by atomic mass is 32.2. The smallest absolute Gasteiger partial charge is 0.243 e. The van der Waals surface area contributed by atoms with Crippen LogP contribution in [0.3, 0.4) is 0 Å². The van der Waals surface area contributed by atoms with Crippen LogP contribution in [-0.4, -0.2) is 61.1 Å². The topological polar surface area (TPSA) is 60.9 Å². The fourth-order valence-corrected chi connectivity index (χ4v) is 6.68. The van der Waals surface area contributed by atoms with Gasteiger partial charge in [-0.1, -0.05) is 48.6 Å². The molecule has 1 N–H and O–H groups in total. The van der Waals surface area contributed by atoms with Gasteiger partial charge in [0.05, 0.1) is 11.5 Å². The second kappa shape index (κ2) is 9.25. The first-order chi connectivity index (χ1) is 15.0. The van der Waals surface area contributed by atoms with Crippen molar-refractivity contribution in [2.75, 3.05) is 26.2 Å². The first-order valence-corrected chi connectivity index (χ1v) is 12.6. The zero-order valence-corrected chi connectivity index (χ0v) is 19.1. The van der Waals surface area contributed by atoms with Crippen LogP contribution in [0.2, 0.25) is 0 Å². The number of fused-ring (bicyclic) bond motifs is 1. The molecule has 0 amide bonds. The Morgan fingerprint density at radius 3 is 2.52 bits per heavy atom. The Morgan fingerprint density at radius 1 is 1.10 bits per heavy atom. The molecule has 5 nitrogen and oxygen atoms in total. The Hall–Kier alpha value is -1.99. The van der Waals surface area contributed by atoms with Crippen molar-refractivity contribution in [1.82, 2.24) is 9.21 Å². The van der Waals surface area contributed by atoms with E-state index < -0.39 is 10.0 Å². The van der Waals surface area contributed by atoms with Gasteiger partial charge in [-0.15, -0.1) is 0 Å². The van der Waals surface area contributed by atoms with Crippen LogP contribution in [0.25, 0.3) is 6.08 Å². The van der Waals surface area contributed by atoms with Crippen LogP contribution in [0.15, 0.2) is 59.5 Å². The van der Waals surface area contributed by atoms with Crippen molar-refractivity contribution >= 4 is 16.1 Å².